The Morgan fingerprint density at radius 2 is 2.29 bits per heavy atom. The minimum atomic E-state index is 0.608. The number of aromatic nitrogens is 2. The number of halogens is 1. The average Bonchev–Trinajstić information content (AvgIpc) is 2.68. The molecule has 0 aliphatic rings. The molecule has 0 saturated carbocycles. The van der Waals surface area contributed by atoms with Gasteiger partial charge in [0.25, 0.3) is 0 Å². The van der Waals surface area contributed by atoms with Crippen LogP contribution in [0.4, 0.5) is 0 Å². The van der Waals surface area contributed by atoms with Crippen molar-refractivity contribution in [2.75, 3.05) is 13.1 Å². The molecule has 96 valence electrons. The minimum Gasteiger partial charge on any atom is -0.363 e. The van der Waals surface area contributed by atoms with Crippen LogP contribution in [0.1, 0.15) is 20.3 Å². The van der Waals surface area contributed by atoms with E-state index in [1.807, 2.05) is 10.9 Å². The number of nitrogens with one attached hydrogen (secondary N) is 2. The first kappa shape index (κ1) is 14.4. The monoisotopic (exact) mass is 318 g/mol. The maximum absolute atomic E-state index is 5.15. The van der Waals surface area contributed by atoms with Crippen LogP contribution in [0.15, 0.2) is 16.9 Å². The molecule has 6 heteroatoms. The number of thiocarbonyl (C=S) groups is 1. The van der Waals surface area contributed by atoms with Crippen LogP contribution in [0.3, 0.4) is 0 Å². The van der Waals surface area contributed by atoms with E-state index in [-0.39, 0.29) is 0 Å². The highest BCUT2D eigenvalue weighted by molar-refractivity contribution is 9.10. The van der Waals surface area contributed by atoms with E-state index in [0.717, 1.165) is 35.6 Å². The van der Waals surface area contributed by atoms with Crippen molar-refractivity contribution >= 4 is 33.3 Å². The van der Waals surface area contributed by atoms with Gasteiger partial charge in [0.05, 0.1) is 10.7 Å². The van der Waals surface area contributed by atoms with Gasteiger partial charge in [0.2, 0.25) is 0 Å². The summed E-state index contributed by atoms with van der Waals surface area (Å²) in [6.07, 6.45) is 4.76. The fourth-order valence-corrected chi connectivity index (χ4v) is 1.78. The van der Waals surface area contributed by atoms with E-state index < -0.39 is 0 Å². The lowest BCUT2D eigenvalue weighted by Gasteiger charge is -2.11. The molecule has 0 saturated heterocycles. The Balaban J connectivity index is 2.06. The summed E-state index contributed by atoms with van der Waals surface area (Å²) in [5.41, 5.74) is 0. The molecule has 0 aliphatic heterocycles. The summed E-state index contributed by atoms with van der Waals surface area (Å²) < 4.78 is 2.93. The van der Waals surface area contributed by atoms with E-state index in [2.05, 4.69) is 45.5 Å². The standard InChI is InChI=1S/C11H19BrN4S/c1-9(2)6-14-11(17)13-4-3-5-16-8-10(12)7-15-16/h7-9H,3-6H2,1-2H3,(H2,13,14,17). The first-order valence-corrected chi connectivity index (χ1v) is 6.97. The Kier molecular flexibility index (Phi) is 6.50. The number of nitrogens with zero attached hydrogens (tertiary/aromatic N) is 2. The third-order valence-corrected chi connectivity index (χ3v) is 2.82. The highest BCUT2D eigenvalue weighted by atomic mass is 79.9. The van der Waals surface area contributed by atoms with Crippen LogP contribution >= 0.6 is 28.1 Å². The molecule has 17 heavy (non-hydrogen) atoms. The highest BCUT2D eigenvalue weighted by Gasteiger charge is 1.98. The van der Waals surface area contributed by atoms with Gasteiger partial charge in [-0.3, -0.25) is 4.68 Å². The predicted molar refractivity (Wildman–Crippen MR) is 78.0 cm³/mol. The highest BCUT2D eigenvalue weighted by Crippen LogP contribution is 2.06. The Morgan fingerprint density at radius 3 is 2.88 bits per heavy atom. The first-order valence-electron chi connectivity index (χ1n) is 5.77. The lowest BCUT2D eigenvalue weighted by atomic mass is 10.2. The van der Waals surface area contributed by atoms with E-state index in [1.54, 1.807) is 6.20 Å². The second kappa shape index (κ2) is 7.66. The molecular weight excluding hydrogens is 300 g/mol. The van der Waals surface area contributed by atoms with Crippen LogP contribution < -0.4 is 10.6 Å². The van der Waals surface area contributed by atoms with E-state index >= 15 is 0 Å². The molecule has 0 amide bonds. The second-order valence-electron chi connectivity index (χ2n) is 4.31. The van der Waals surface area contributed by atoms with Crippen molar-refractivity contribution in [3.63, 3.8) is 0 Å². The Labute approximate surface area is 116 Å². The maximum Gasteiger partial charge on any atom is 0.166 e. The zero-order valence-corrected chi connectivity index (χ0v) is 12.6. The summed E-state index contributed by atoms with van der Waals surface area (Å²) in [7, 11) is 0. The Morgan fingerprint density at radius 1 is 1.53 bits per heavy atom. The number of aryl methyl sites for hydroxylation is 1. The van der Waals surface area contributed by atoms with Crippen LogP contribution in [-0.2, 0) is 6.54 Å². The Hall–Kier alpha value is -0.620. The topological polar surface area (TPSA) is 41.9 Å². The zero-order chi connectivity index (χ0) is 12.7. The van der Waals surface area contributed by atoms with E-state index in [4.69, 9.17) is 12.2 Å². The molecule has 0 aliphatic carbocycles. The summed E-state index contributed by atoms with van der Waals surface area (Å²) >= 11 is 8.52. The molecule has 1 aromatic heterocycles. The van der Waals surface area contributed by atoms with Crippen molar-refractivity contribution in [1.29, 1.82) is 0 Å². The lowest BCUT2D eigenvalue weighted by Crippen LogP contribution is -2.37. The fraction of sp³-hybridized carbons (Fsp3) is 0.636. The van der Waals surface area contributed by atoms with Gasteiger partial charge in [0.15, 0.2) is 5.11 Å². The SMILES string of the molecule is CC(C)CNC(=S)NCCCn1cc(Br)cn1. The summed E-state index contributed by atoms with van der Waals surface area (Å²) in [6.45, 7) is 6.99. The minimum absolute atomic E-state index is 0.608. The number of hydrogen-bond donors (Lipinski definition) is 2. The van der Waals surface area contributed by atoms with Crippen molar-refractivity contribution in [3.05, 3.63) is 16.9 Å². The smallest absolute Gasteiger partial charge is 0.166 e. The molecule has 0 fully saturated rings. The van der Waals surface area contributed by atoms with Gasteiger partial charge in [-0.2, -0.15) is 5.10 Å². The maximum atomic E-state index is 5.15. The molecule has 1 rings (SSSR count). The van der Waals surface area contributed by atoms with Gasteiger partial charge in [-0.15, -0.1) is 0 Å². The molecule has 0 atom stereocenters. The van der Waals surface area contributed by atoms with Gasteiger partial charge >= 0.3 is 0 Å². The van der Waals surface area contributed by atoms with Crippen LogP contribution in [-0.4, -0.2) is 28.0 Å². The molecule has 0 radical (unpaired) electrons. The van der Waals surface area contributed by atoms with Gasteiger partial charge in [0.1, 0.15) is 0 Å². The van der Waals surface area contributed by atoms with Crippen LogP contribution in [0.5, 0.6) is 0 Å². The van der Waals surface area contributed by atoms with Crippen LogP contribution in [0.2, 0.25) is 0 Å². The van der Waals surface area contributed by atoms with Crippen molar-refractivity contribution < 1.29 is 0 Å². The number of hydrogen-bond acceptors (Lipinski definition) is 2. The van der Waals surface area contributed by atoms with Crippen LogP contribution in [0.25, 0.3) is 0 Å². The first-order chi connectivity index (χ1) is 8.08. The predicted octanol–water partition coefficient (Wildman–Crippen LogP) is 2.16. The van der Waals surface area contributed by atoms with Crippen LogP contribution in [0, 0.1) is 5.92 Å². The van der Waals surface area contributed by atoms with Crippen molar-refractivity contribution in [2.45, 2.75) is 26.8 Å². The van der Waals surface area contributed by atoms with E-state index in [9.17, 15) is 0 Å². The molecular formula is C11H19BrN4S. The van der Waals surface area contributed by atoms with Crippen molar-refractivity contribution in [1.82, 2.24) is 20.4 Å². The zero-order valence-electron chi connectivity index (χ0n) is 10.2. The third kappa shape index (κ3) is 6.63. The number of rotatable bonds is 6. The summed E-state index contributed by atoms with van der Waals surface area (Å²) in [5.74, 6) is 0.608. The molecule has 0 aromatic carbocycles. The molecule has 2 N–H and O–H groups in total. The average molecular weight is 319 g/mol. The summed E-state index contributed by atoms with van der Waals surface area (Å²) in [5, 5.41) is 11.3. The Bertz CT molecular complexity index is 351. The van der Waals surface area contributed by atoms with Gasteiger partial charge < -0.3 is 10.6 Å². The third-order valence-electron chi connectivity index (χ3n) is 2.12. The molecule has 0 unspecified atom stereocenters. The lowest BCUT2D eigenvalue weighted by molar-refractivity contribution is 0.568. The molecule has 0 bridgehead atoms. The van der Waals surface area contributed by atoms with E-state index in [1.165, 1.54) is 0 Å². The molecule has 1 heterocycles. The molecule has 1 aromatic rings. The van der Waals surface area contributed by atoms with Gasteiger partial charge in [-0.1, -0.05) is 13.8 Å². The van der Waals surface area contributed by atoms with E-state index in [0.29, 0.717) is 5.92 Å². The quantitative estimate of drug-likeness (QED) is 0.623. The van der Waals surface area contributed by atoms with Crippen molar-refractivity contribution in [3.8, 4) is 0 Å². The molecule has 4 nitrogen and oxygen atoms in total. The normalized spacial score (nSPS) is 10.6. The second-order valence-corrected chi connectivity index (χ2v) is 5.63. The fourth-order valence-electron chi connectivity index (χ4n) is 1.26. The largest absolute Gasteiger partial charge is 0.363 e. The van der Waals surface area contributed by atoms with Crippen molar-refractivity contribution in [2.24, 2.45) is 5.92 Å². The van der Waals surface area contributed by atoms with Gasteiger partial charge in [0, 0.05) is 25.8 Å². The van der Waals surface area contributed by atoms with Gasteiger partial charge in [-0.05, 0) is 40.5 Å². The summed E-state index contributed by atoms with van der Waals surface area (Å²) in [4.78, 5) is 0. The summed E-state index contributed by atoms with van der Waals surface area (Å²) in [6, 6.07) is 0. The van der Waals surface area contributed by atoms with Gasteiger partial charge in [-0.25, -0.2) is 0 Å². The molecule has 0 spiro atoms.